The zero-order valence-corrected chi connectivity index (χ0v) is 19.2. The fourth-order valence-corrected chi connectivity index (χ4v) is 5.58. The summed E-state index contributed by atoms with van der Waals surface area (Å²) in [5.41, 5.74) is 6.35. The molecule has 5 rings (SSSR count). The molecule has 3 aromatic rings. The highest BCUT2D eigenvalue weighted by Crippen LogP contribution is 2.53. The number of fused-ring (bicyclic) bond motifs is 1. The number of carbonyl (C=O) groups excluding carboxylic acids is 1. The van der Waals surface area contributed by atoms with E-state index in [-0.39, 0.29) is 23.1 Å². The van der Waals surface area contributed by atoms with Crippen LogP contribution in [-0.2, 0) is 5.41 Å². The predicted molar refractivity (Wildman–Crippen MR) is 133 cm³/mol. The van der Waals surface area contributed by atoms with Crippen LogP contribution in [0.25, 0.3) is 22.0 Å². The lowest BCUT2D eigenvalue weighted by Crippen LogP contribution is -2.37. The van der Waals surface area contributed by atoms with Gasteiger partial charge in [-0.1, -0.05) is 55.8 Å². The predicted octanol–water partition coefficient (Wildman–Crippen LogP) is 7.69. The Kier molecular flexibility index (Phi) is 5.40. The normalized spacial score (nSPS) is 19.2. The van der Waals surface area contributed by atoms with Crippen LogP contribution < -0.4 is 0 Å². The molecule has 0 radical (unpaired) electrons. The minimum Gasteiger partial charge on any atom is -0.336 e. The second-order valence-corrected chi connectivity index (χ2v) is 9.39. The Bertz CT molecular complexity index is 1300. The molecule has 1 N–H and O–H groups in total. The molecule has 168 valence electrons. The number of allylic oxidation sites excluding steroid dienone is 4. The van der Waals surface area contributed by atoms with Crippen LogP contribution >= 0.6 is 0 Å². The lowest BCUT2D eigenvalue weighted by atomic mass is 9.63. The SMILES string of the molecule is CCC1(c2c(-c3ccc(C(C)=O)cc3)c3ccc(C=N)cc3n2C2C=CC(F)=CC2)CCC1. The molecular formula is C29H29FN2O. The summed E-state index contributed by atoms with van der Waals surface area (Å²) in [6.45, 7) is 3.86. The van der Waals surface area contributed by atoms with Crippen LogP contribution in [0.4, 0.5) is 4.39 Å². The van der Waals surface area contributed by atoms with Gasteiger partial charge in [-0.15, -0.1) is 0 Å². The average Bonchev–Trinajstić information content (AvgIpc) is 3.13. The molecule has 0 amide bonds. The molecule has 1 atom stereocenters. The van der Waals surface area contributed by atoms with Gasteiger partial charge in [-0.25, -0.2) is 4.39 Å². The molecule has 0 aliphatic heterocycles. The number of nitrogens with zero attached hydrogens (tertiary/aromatic N) is 1. The Hall–Kier alpha value is -3.27. The van der Waals surface area contributed by atoms with Crippen LogP contribution in [0.1, 0.15) is 73.6 Å². The molecule has 1 saturated carbocycles. The van der Waals surface area contributed by atoms with E-state index in [1.165, 1.54) is 23.9 Å². The first-order valence-electron chi connectivity index (χ1n) is 11.8. The van der Waals surface area contributed by atoms with E-state index >= 15 is 0 Å². The maximum atomic E-state index is 13.9. The van der Waals surface area contributed by atoms with E-state index < -0.39 is 0 Å². The van der Waals surface area contributed by atoms with Crippen LogP contribution in [0.3, 0.4) is 0 Å². The highest BCUT2D eigenvalue weighted by Gasteiger charge is 2.43. The number of hydrogen-bond donors (Lipinski definition) is 1. The molecular weight excluding hydrogens is 411 g/mol. The van der Waals surface area contributed by atoms with Gasteiger partial charge < -0.3 is 9.98 Å². The van der Waals surface area contributed by atoms with Gasteiger partial charge in [0.05, 0.1) is 11.6 Å². The standard InChI is InChI=1S/C29H29FN2O/c1-3-29(15-4-16-29)28-27(22-8-6-21(7-9-22)19(2)33)25-14-5-20(18-31)17-26(25)32(28)24-12-10-23(30)11-13-24/h5-12,14,17-18,24,31H,3-4,13,15-16H2,1-2H3. The summed E-state index contributed by atoms with van der Waals surface area (Å²) in [4.78, 5) is 11.9. The monoisotopic (exact) mass is 440 g/mol. The van der Waals surface area contributed by atoms with Gasteiger partial charge >= 0.3 is 0 Å². The number of halogens is 1. The highest BCUT2D eigenvalue weighted by atomic mass is 19.1. The van der Waals surface area contributed by atoms with Crippen molar-refractivity contribution in [3.8, 4) is 11.1 Å². The summed E-state index contributed by atoms with van der Waals surface area (Å²) in [5, 5.41) is 8.96. The van der Waals surface area contributed by atoms with E-state index in [1.54, 1.807) is 19.1 Å². The van der Waals surface area contributed by atoms with E-state index in [9.17, 15) is 9.18 Å². The Morgan fingerprint density at radius 3 is 2.52 bits per heavy atom. The fourth-order valence-electron chi connectivity index (χ4n) is 5.58. The van der Waals surface area contributed by atoms with Crippen molar-refractivity contribution in [1.82, 2.24) is 4.57 Å². The second kappa shape index (κ2) is 8.26. The summed E-state index contributed by atoms with van der Waals surface area (Å²) in [5.74, 6) is -0.122. The smallest absolute Gasteiger partial charge is 0.159 e. The molecule has 33 heavy (non-hydrogen) atoms. The van der Waals surface area contributed by atoms with Gasteiger partial charge in [0.25, 0.3) is 0 Å². The Balaban J connectivity index is 1.84. The minimum atomic E-state index is -0.182. The second-order valence-electron chi connectivity index (χ2n) is 9.39. The van der Waals surface area contributed by atoms with Gasteiger partial charge in [0.2, 0.25) is 0 Å². The summed E-state index contributed by atoms with van der Waals surface area (Å²) >= 11 is 0. The number of Topliss-reactive ketones (excluding diaryl/α,β-unsaturated/α-hetero) is 1. The minimum absolute atomic E-state index is 0.0252. The first-order chi connectivity index (χ1) is 16.0. The van der Waals surface area contributed by atoms with E-state index in [0.29, 0.717) is 12.0 Å². The molecule has 2 aliphatic rings. The van der Waals surface area contributed by atoms with Crippen molar-refractivity contribution < 1.29 is 9.18 Å². The first kappa shape index (κ1) is 21.6. The average molecular weight is 441 g/mol. The van der Waals surface area contributed by atoms with Crippen LogP contribution in [-0.4, -0.2) is 16.6 Å². The van der Waals surface area contributed by atoms with Crippen LogP contribution in [0.2, 0.25) is 0 Å². The van der Waals surface area contributed by atoms with E-state index in [1.807, 2.05) is 24.3 Å². The van der Waals surface area contributed by atoms with Gasteiger partial charge in [-0.2, -0.15) is 0 Å². The lowest BCUT2D eigenvalue weighted by Gasteiger charge is -2.44. The van der Waals surface area contributed by atoms with Crippen molar-refractivity contribution in [1.29, 1.82) is 5.41 Å². The van der Waals surface area contributed by atoms with Crippen molar-refractivity contribution in [3.63, 3.8) is 0 Å². The molecule has 1 aromatic heterocycles. The van der Waals surface area contributed by atoms with Gasteiger partial charge in [0.1, 0.15) is 5.83 Å². The third-order valence-electron chi connectivity index (χ3n) is 7.63. The van der Waals surface area contributed by atoms with Crippen molar-refractivity contribution in [2.45, 2.75) is 57.4 Å². The quantitative estimate of drug-likeness (QED) is 0.310. The molecule has 0 bridgehead atoms. The third-order valence-corrected chi connectivity index (χ3v) is 7.63. The van der Waals surface area contributed by atoms with Gasteiger partial charge in [0, 0.05) is 33.8 Å². The Morgan fingerprint density at radius 1 is 1.21 bits per heavy atom. The van der Waals surface area contributed by atoms with Crippen LogP contribution in [0.5, 0.6) is 0 Å². The van der Waals surface area contributed by atoms with E-state index in [4.69, 9.17) is 5.41 Å². The van der Waals surface area contributed by atoms with Crippen LogP contribution in [0.15, 0.2) is 66.5 Å². The number of carbonyl (C=O) groups is 1. The Morgan fingerprint density at radius 2 is 1.97 bits per heavy atom. The lowest BCUT2D eigenvalue weighted by molar-refractivity contribution is 0.101. The van der Waals surface area contributed by atoms with E-state index in [2.05, 4.69) is 35.8 Å². The zero-order valence-electron chi connectivity index (χ0n) is 19.2. The summed E-state index contributed by atoms with van der Waals surface area (Å²) in [6.07, 6.45) is 11.7. The van der Waals surface area contributed by atoms with Crippen molar-refractivity contribution in [3.05, 3.63) is 83.3 Å². The largest absolute Gasteiger partial charge is 0.336 e. The van der Waals surface area contributed by atoms with E-state index in [0.717, 1.165) is 41.3 Å². The summed E-state index contributed by atoms with van der Waals surface area (Å²) < 4.78 is 16.3. The fraction of sp³-hybridized carbons (Fsp3) is 0.310. The topological polar surface area (TPSA) is 45.9 Å². The molecule has 1 heterocycles. The molecule has 0 saturated heterocycles. The van der Waals surface area contributed by atoms with Gasteiger partial charge in [0.15, 0.2) is 5.78 Å². The Labute approximate surface area is 194 Å². The number of aromatic nitrogens is 1. The molecule has 3 nitrogen and oxygen atoms in total. The van der Waals surface area contributed by atoms with Gasteiger partial charge in [-0.3, -0.25) is 4.79 Å². The van der Waals surface area contributed by atoms with Crippen molar-refractivity contribution in [2.24, 2.45) is 0 Å². The van der Waals surface area contributed by atoms with Crippen LogP contribution in [0, 0.1) is 5.41 Å². The maximum absolute atomic E-state index is 13.9. The van der Waals surface area contributed by atoms with Gasteiger partial charge in [-0.05, 0) is 62.0 Å². The number of ketones is 1. The third kappa shape index (κ3) is 3.49. The molecule has 0 spiro atoms. The van der Waals surface area contributed by atoms with Crippen molar-refractivity contribution in [2.75, 3.05) is 0 Å². The zero-order chi connectivity index (χ0) is 23.2. The number of nitrogens with one attached hydrogen (secondary N) is 1. The maximum Gasteiger partial charge on any atom is 0.159 e. The highest BCUT2D eigenvalue weighted by molar-refractivity contribution is 6.02. The molecule has 4 heteroatoms. The first-order valence-corrected chi connectivity index (χ1v) is 11.8. The molecule has 1 fully saturated rings. The molecule has 1 unspecified atom stereocenters. The number of hydrogen-bond acceptors (Lipinski definition) is 2. The molecule has 2 aromatic carbocycles. The summed E-state index contributed by atoms with van der Waals surface area (Å²) in [7, 11) is 0. The number of rotatable bonds is 6. The number of benzene rings is 2. The molecule has 2 aliphatic carbocycles. The summed E-state index contributed by atoms with van der Waals surface area (Å²) in [6, 6.07) is 14.2. The van der Waals surface area contributed by atoms with Crippen molar-refractivity contribution >= 4 is 22.9 Å².